The van der Waals surface area contributed by atoms with Crippen LogP contribution in [0.5, 0.6) is 0 Å². The Balaban J connectivity index is 1.60. The normalized spacial score (nSPS) is 19.0. The number of hydrogen-bond acceptors (Lipinski definition) is 5. The molecule has 2 saturated heterocycles. The molecule has 0 N–H and O–H groups in total. The number of hydrogen-bond donors (Lipinski definition) is 0. The zero-order valence-corrected chi connectivity index (χ0v) is 16.3. The first-order valence-electron chi connectivity index (χ1n) is 9.76. The van der Waals surface area contributed by atoms with E-state index in [1.54, 1.807) is 11.2 Å². The topological polar surface area (TPSA) is 69.6 Å². The second-order valence-corrected chi connectivity index (χ2v) is 7.44. The van der Waals surface area contributed by atoms with Gasteiger partial charge in [0.15, 0.2) is 0 Å². The van der Waals surface area contributed by atoms with Crippen molar-refractivity contribution in [2.24, 2.45) is 0 Å². The molecule has 1 aromatic carbocycles. The van der Waals surface area contributed by atoms with Crippen molar-refractivity contribution in [3.05, 3.63) is 54.0 Å². The van der Waals surface area contributed by atoms with Gasteiger partial charge in [0.05, 0.1) is 0 Å². The summed E-state index contributed by atoms with van der Waals surface area (Å²) < 4.78 is 0. The Kier molecular flexibility index (Phi) is 4.75. The molecule has 1 spiro atoms. The summed E-state index contributed by atoms with van der Waals surface area (Å²) >= 11 is 0. The fraction of sp³-hybridized carbons (Fsp3) is 0.429. The Hall–Kier alpha value is -2.96. The van der Waals surface area contributed by atoms with Crippen LogP contribution in [0.25, 0.3) is 0 Å². The van der Waals surface area contributed by atoms with Gasteiger partial charge in [0.2, 0.25) is 0 Å². The highest BCUT2D eigenvalue weighted by Crippen LogP contribution is 2.39. The highest BCUT2D eigenvalue weighted by Gasteiger charge is 2.57. The Morgan fingerprint density at radius 1 is 1.07 bits per heavy atom. The number of aryl methyl sites for hydroxylation is 1. The summed E-state index contributed by atoms with van der Waals surface area (Å²) in [4.78, 5) is 40.1. The van der Waals surface area contributed by atoms with Gasteiger partial charge in [0, 0.05) is 37.9 Å². The minimum atomic E-state index is -0.762. The van der Waals surface area contributed by atoms with Gasteiger partial charge in [-0.05, 0) is 32.3 Å². The first kappa shape index (κ1) is 18.4. The standard InChI is InChI=1S/C21H25N5O2/c1-3-25-19(27)21(26(20(25)28)14-17-7-5-4-6-8-17)9-11-24(12-10-21)18-13-16(2)22-15-23-18/h4-8,13,15H,3,9-12,14H2,1-2H3. The van der Waals surface area contributed by atoms with Crippen LogP contribution in [0.3, 0.4) is 0 Å². The molecule has 0 atom stereocenters. The number of anilines is 1. The average molecular weight is 379 g/mol. The molecule has 0 saturated carbocycles. The van der Waals surface area contributed by atoms with Gasteiger partial charge < -0.3 is 9.80 Å². The number of imide groups is 1. The van der Waals surface area contributed by atoms with Gasteiger partial charge in [0.25, 0.3) is 5.91 Å². The molecule has 2 aromatic rings. The molecule has 0 bridgehead atoms. The lowest BCUT2D eigenvalue weighted by molar-refractivity contribution is -0.134. The molecule has 0 radical (unpaired) electrons. The monoisotopic (exact) mass is 379 g/mol. The molecule has 146 valence electrons. The van der Waals surface area contributed by atoms with Gasteiger partial charge in [-0.25, -0.2) is 14.8 Å². The number of likely N-dealkylation sites (N-methyl/N-ethyl adjacent to an activating group) is 1. The number of rotatable bonds is 4. The Bertz CT molecular complexity index is 877. The first-order chi connectivity index (χ1) is 13.5. The molecular formula is C21H25N5O2. The minimum absolute atomic E-state index is 0.0607. The molecule has 7 heteroatoms. The van der Waals surface area contributed by atoms with Crippen molar-refractivity contribution >= 4 is 17.8 Å². The van der Waals surface area contributed by atoms with Gasteiger partial charge in [-0.2, -0.15) is 0 Å². The lowest BCUT2D eigenvalue weighted by Gasteiger charge is -2.42. The third-order valence-electron chi connectivity index (χ3n) is 5.83. The molecule has 2 aliphatic heterocycles. The van der Waals surface area contributed by atoms with Crippen LogP contribution in [0, 0.1) is 6.92 Å². The van der Waals surface area contributed by atoms with E-state index in [0.717, 1.165) is 17.1 Å². The average Bonchev–Trinajstić information content (AvgIpc) is 2.90. The summed E-state index contributed by atoms with van der Waals surface area (Å²) in [6, 6.07) is 11.7. The van der Waals surface area contributed by atoms with Crippen molar-refractivity contribution in [3.63, 3.8) is 0 Å². The van der Waals surface area contributed by atoms with Crippen LogP contribution in [0.1, 0.15) is 31.0 Å². The number of piperidine rings is 1. The Labute approximate surface area is 165 Å². The van der Waals surface area contributed by atoms with Gasteiger partial charge >= 0.3 is 6.03 Å². The van der Waals surface area contributed by atoms with E-state index in [0.29, 0.717) is 39.0 Å². The predicted octanol–water partition coefficient (Wildman–Crippen LogP) is 2.61. The summed E-state index contributed by atoms with van der Waals surface area (Å²) in [5.74, 6) is 0.815. The molecule has 0 unspecified atom stereocenters. The quantitative estimate of drug-likeness (QED) is 0.764. The van der Waals surface area contributed by atoms with Crippen molar-refractivity contribution in [2.75, 3.05) is 24.5 Å². The summed E-state index contributed by atoms with van der Waals surface area (Å²) in [6.45, 7) is 6.01. The highest BCUT2D eigenvalue weighted by molar-refractivity contribution is 6.07. The third-order valence-corrected chi connectivity index (χ3v) is 5.83. The maximum Gasteiger partial charge on any atom is 0.327 e. The van der Waals surface area contributed by atoms with Crippen LogP contribution in [0.15, 0.2) is 42.7 Å². The van der Waals surface area contributed by atoms with E-state index in [2.05, 4.69) is 14.9 Å². The number of aromatic nitrogens is 2. The van der Waals surface area contributed by atoms with E-state index in [1.165, 1.54) is 4.90 Å². The zero-order valence-electron chi connectivity index (χ0n) is 16.3. The summed E-state index contributed by atoms with van der Waals surface area (Å²) in [7, 11) is 0. The molecule has 2 aliphatic rings. The van der Waals surface area contributed by atoms with Crippen LogP contribution in [-0.4, -0.2) is 56.9 Å². The van der Waals surface area contributed by atoms with Gasteiger partial charge in [-0.15, -0.1) is 0 Å². The molecule has 7 nitrogen and oxygen atoms in total. The molecule has 3 amide bonds. The van der Waals surface area contributed by atoms with Crippen molar-refractivity contribution in [1.82, 2.24) is 19.8 Å². The number of carbonyl (C=O) groups excluding carboxylic acids is 2. The van der Waals surface area contributed by atoms with Crippen LogP contribution in [0.2, 0.25) is 0 Å². The largest absolute Gasteiger partial charge is 0.356 e. The fourth-order valence-electron chi connectivity index (χ4n) is 4.25. The van der Waals surface area contributed by atoms with Crippen molar-refractivity contribution in [1.29, 1.82) is 0 Å². The van der Waals surface area contributed by atoms with E-state index in [1.807, 2.05) is 50.2 Å². The van der Waals surface area contributed by atoms with Crippen LogP contribution < -0.4 is 4.90 Å². The Morgan fingerprint density at radius 2 is 1.79 bits per heavy atom. The maximum atomic E-state index is 13.2. The number of benzene rings is 1. The molecule has 3 heterocycles. The number of amides is 3. The first-order valence-corrected chi connectivity index (χ1v) is 9.76. The number of urea groups is 1. The van der Waals surface area contributed by atoms with Crippen LogP contribution in [0.4, 0.5) is 10.6 Å². The van der Waals surface area contributed by atoms with E-state index < -0.39 is 5.54 Å². The second-order valence-electron chi connectivity index (χ2n) is 7.44. The van der Waals surface area contributed by atoms with Crippen molar-refractivity contribution < 1.29 is 9.59 Å². The van der Waals surface area contributed by atoms with E-state index in [9.17, 15) is 9.59 Å². The zero-order chi connectivity index (χ0) is 19.7. The summed E-state index contributed by atoms with van der Waals surface area (Å²) in [6.07, 6.45) is 2.77. The van der Waals surface area contributed by atoms with Gasteiger partial charge in [-0.1, -0.05) is 30.3 Å². The summed E-state index contributed by atoms with van der Waals surface area (Å²) in [5, 5.41) is 0. The fourth-order valence-corrected chi connectivity index (χ4v) is 4.25. The smallest absolute Gasteiger partial charge is 0.327 e. The molecule has 2 fully saturated rings. The Morgan fingerprint density at radius 3 is 2.43 bits per heavy atom. The van der Waals surface area contributed by atoms with Crippen molar-refractivity contribution in [2.45, 2.75) is 38.8 Å². The van der Waals surface area contributed by atoms with Crippen LogP contribution in [-0.2, 0) is 11.3 Å². The maximum absolute atomic E-state index is 13.2. The van der Waals surface area contributed by atoms with Gasteiger partial charge in [0.1, 0.15) is 17.7 Å². The molecule has 1 aromatic heterocycles. The van der Waals surface area contributed by atoms with Crippen LogP contribution >= 0.6 is 0 Å². The molecule has 4 rings (SSSR count). The van der Waals surface area contributed by atoms with E-state index in [4.69, 9.17) is 0 Å². The van der Waals surface area contributed by atoms with Crippen molar-refractivity contribution in [3.8, 4) is 0 Å². The number of nitrogens with zero attached hydrogens (tertiary/aromatic N) is 5. The lowest BCUT2D eigenvalue weighted by Crippen LogP contribution is -2.56. The van der Waals surface area contributed by atoms with Gasteiger partial charge in [-0.3, -0.25) is 9.69 Å². The lowest BCUT2D eigenvalue weighted by atomic mass is 9.85. The van der Waals surface area contributed by atoms with E-state index in [-0.39, 0.29) is 11.9 Å². The highest BCUT2D eigenvalue weighted by atomic mass is 16.2. The summed E-state index contributed by atoms with van der Waals surface area (Å²) in [5.41, 5.74) is 1.19. The number of carbonyl (C=O) groups is 2. The SMILES string of the molecule is CCN1C(=O)N(Cc2ccccc2)C2(CCN(c3cc(C)ncn3)CC2)C1=O. The minimum Gasteiger partial charge on any atom is -0.356 e. The molecular weight excluding hydrogens is 354 g/mol. The molecule has 28 heavy (non-hydrogen) atoms. The second kappa shape index (κ2) is 7.22. The van der Waals surface area contributed by atoms with E-state index >= 15 is 0 Å². The predicted molar refractivity (Wildman–Crippen MR) is 106 cm³/mol. The third kappa shape index (κ3) is 3.00. The molecule has 0 aliphatic carbocycles.